The van der Waals surface area contributed by atoms with Gasteiger partial charge in [0.25, 0.3) is 0 Å². The third kappa shape index (κ3) is 1.31. The largest absolute Gasteiger partial charge is 0.386 e. The number of nitrogens with one attached hydrogen (secondary N) is 1. The molecule has 0 atom stereocenters. The molecule has 0 saturated carbocycles. The first-order chi connectivity index (χ1) is 6.36. The van der Waals surface area contributed by atoms with Crippen molar-refractivity contribution in [3.8, 4) is 6.07 Å². The molecule has 2 nitrogen and oxygen atoms in total. The number of nitrogens with zero attached hydrogens (tertiary/aromatic N) is 1. The zero-order valence-electron chi connectivity index (χ0n) is 7.68. The van der Waals surface area contributed by atoms with Gasteiger partial charge in [-0.3, -0.25) is 0 Å². The number of fused-ring (bicyclic) bond motifs is 1. The number of hydrogen-bond acceptors (Lipinski definition) is 3. The smallest absolute Gasteiger partial charge is 0.128 e. The average Bonchev–Trinajstić information content (AvgIpc) is 2.55. The van der Waals surface area contributed by atoms with E-state index >= 15 is 0 Å². The van der Waals surface area contributed by atoms with Crippen molar-refractivity contribution in [1.82, 2.24) is 0 Å². The maximum Gasteiger partial charge on any atom is 0.128 e. The van der Waals surface area contributed by atoms with E-state index in [0.29, 0.717) is 0 Å². The fourth-order valence-corrected chi connectivity index (χ4v) is 3.10. The summed E-state index contributed by atoms with van der Waals surface area (Å²) in [4.78, 5) is 2.28. The number of hydrogen-bond donors (Lipinski definition) is 1. The molecule has 1 aliphatic rings. The summed E-state index contributed by atoms with van der Waals surface area (Å²) in [6.45, 7) is 0. The molecule has 0 aromatic carbocycles. The highest BCUT2D eigenvalue weighted by atomic mass is 32.1. The van der Waals surface area contributed by atoms with Gasteiger partial charge in [0.15, 0.2) is 0 Å². The van der Waals surface area contributed by atoms with Gasteiger partial charge in [-0.2, -0.15) is 5.26 Å². The molecular weight excluding hydrogens is 180 g/mol. The van der Waals surface area contributed by atoms with Crippen LogP contribution in [0.2, 0.25) is 0 Å². The molecule has 1 aromatic rings. The maximum atomic E-state index is 8.92. The van der Waals surface area contributed by atoms with Crippen molar-refractivity contribution in [3.05, 3.63) is 15.3 Å². The van der Waals surface area contributed by atoms with Gasteiger partial charge in [0.1, 0.15) is 10.9 Å². The van der Waals surface area contributed by atoms with E-state index in [1.54, 1.807) is 11.3 Å². The predicted octanol–water partition coefficient (Wildman–Crippen LogP) is 2.54. The number of nitriles is 1. The van der Waals surface area contributed by atoms with Gasteiger partial charge in [-0.15, -0.1) is 11.3 Å². The summed E-state index contributed by atoms with van der Waals surface area (Å²) in [5.41, 5.74) is 2.48. The summed E-state index contributed by atoms with van der Waals surface area (Å²) in [7, 11) is 1.90. The Hall–Kier alpha value is -1.01. The Morgan fingerprint density at radius 1 is 1.38 bits per heavy atom. The van der Waals surface area contributed by atoms with Gasteiger partial charge in [0.2, 0.25) is 0 Å². The molecule has 0 fully saturated rings. The Kier molecular flexibility index (Phi) is 2.24. The minimum Gasteiger partial charge on any atom is -0.386 e. The first-order valence-corrected chi connectivity index (χ1v) is 5.41. The molecule has 1 heterocycles. The van der Waals surface area contributed by atoms with E-state index in [1.807, 2.05) is 7.05 Å². The van der Waals surface area contributed by atoms with Crippen molar-refractivity contribution in [3.63, 3.8) is 0 Å². The van der Waals surface area contributed by atoms with Crippen LogP contribution in [0.25, 0.3) is 0 Å². The monoisotopic (exact) mass is 192 g/mol. The number of rotatable bonds is 1. The standard InChI is InChI=1S/C10H12N2S/c1-12-10-7-4-2-3-5-8(7)13-9(10)6-11/h12H,2-5H2,1H3. The lowest BCUT2D eigenvalue weighted by molar-refractivity contribution is 0.698. The Bertz CT molecular complexity index is 360. The summed E-state index contributed by atoms with van der Waals surface area (Å²) >= 11 is 1.66. The second-order valence-electron chi connectivity index (χ2n) is 3.28. The van der Waals surface area contributed by atoms with E-state index in [0.717, 1.165) is 23.4 Å². The fourth-order valence-electron chi connectivity index (χ4n) is 1.91. The third-order valence-electron chi connectivity index (χ3n) is 2.52. The molecule has 0 saturated heterocycles. The van der Waals surface area contributed by atoms with Crippen LogP contribution in [0.1, 0.15) is 28.2 Å². The summed E-state index contributed by atoms with van der Waals surface area (Å²) in [6.07, 6.45) is 4.85. The first-order valence-electron chi connectivity index (χ1n) is 4.59. The molecule has 3 heteroatoms. The molecule has 68 valence electrons. The quantitative estimate of drug-likeness (QED) is 0.742. The zero-order chi connectivity index (χ0) is 9.26. The van der Waals surface area contributed by atoms with Gasteiger partial charge >= 0.3 is 0 Å². The van der Waals surface area contributed by atoms with Crippen molar-refractivity contribution in [2.24, 2.45) is 0 Å². The summed E-state index contributed by atoms with van der Waals surface area (Å²) in [6, 6.07) is 2.26. The lowest BCUT2D eigenvalue weighted by atomic mass is 9.98. The van der Waals surface area contributed by atoms with Crippen LogP contribution in [-0.2, 0) is 12.8 Å². The van der Waals surface area contributed by atoms with Crippen LogP contribution in [0.4, 0.5) is 5.69 Å². The molecule has 0 radical (unpaired) electrons. The molecule has 1 aromatic heterocycles. The highest BCUT2D eigenvalue weighted by molar-refractivity contribution is 7.13. The van der Waals surface area contributed by atoms with Gasteiger partial charge in [-0.1, -0.05) is 0 Å². The number of thiophene rings is 1. The molecule has 0 bridgehead atoms. The van der Waals surface area contributed by atoms with Gasteiger partial charge in [-0.25, -0.2) is 0 Å². The molecule has 1 aliphatic carbocycles. The van der Waals surface area contributed by atoms with Crippen LogP contribution < -0.4 is 5.32 Å². The zero-order valence-corrected chi connectivity index (χ0v) is 8.50. The van der Waals surface area contributed by atoms with Crippen LogP contribution in [0, 0.1) is 11.3 Å². The normalized spacial score (nSPS) is 14.8. The summed E-state index contributed by atoms with van der Waals surface area (Å²) in [5.74, 6) is 0. The Balaban J connectivity index is 2.52. The molecule has 13 heavy (non-hydrogen) atoms. The molecule has 0 spiro atoms. The Morgan fingerprint density at radius 3 is 2.85 bits per heavy atom. The molecule has 2 rings (SSSR count). The van der Waals surface area contributed by atoms with Gasteiger partial charge in [0.05, 0.1) is 5.69 Å². The maximum absolute atomic E-state index is 8.92. The van der Waals surface area contributed by atoms with Crippen molar-refractivity contribution >= 4 is 17.0 Å². The highest BCUT2D eigenvalue weighted by Gasteiger charge is 2.19. The Morgan fingerprint density at radius 2 is 2.15 bits per heavy atom. The minimum absolute atomic E-state index is 0.856. The predicted molar refractivity (Wildman–Crippen MR) is 55.2 cm³/mol. The third-order valence-corrected chi connectivity index (χ3v) is 3.72. The van der Waals surface area contributed by atoms with E-state index in [9.17, 15) is 0 Å². The lowest BCUT2D eigenvalue weighted by Gasteiger charge is -2.11. The molecule has 0 amide bonds. The number of aryl methyl sites for hydroxylation is 1. The Labute approximate surface area is 82.2 Å². The molecule has 1 N–H and O–H groups in total. The van der Waals surface area contributed by atoms with Crippen molar-refractivity contribution in [1.29, 1.82) is 5.26 Å². The molecule has 0 aliphatic heterocycles. The summed E-state index contributed by atoms with van der Waals surface area (Å²) < 4.78 is 0. The number of anilines is 1. The van der Waals surface area contributed by atoms with Gasteiger partial charge in [0, 0.05) is 11.9 Å². The van der Waals surface area contributed by atoms with Crippen LogP contribution in [0.3, 0.4) is 0 Å². The van der Waals surface area contributed by atoms with Crippen molar-refractivity contribution in [2.75, 3.05) is 12.4 Å². The first kappa shape index (κ1) is 8.58. The highest BCUT2D eigenvalue weighted by Crippen LogP contribution is 2.37. The second kappa shape index (κ2) is 3.39. The molecule has 0 unspecified atom stereocenters. The second-order valence-corrected chi connectivity index (χ2v) is 4.38. The van der Waals surface area contributed by atoms with E-state index in [2.05, 4.69) is 11.4 Å². The van der Waals surface area contributed by atoms with Crippen molar-refractivity contribution in [2.45, 2.75) is 25.7 Å². The summed E-state index contributed by atoms with van der Waals surface area (Å²) in [5, 5.41) is 12.1. The van der Waals surface area contributed by atoms with E-state index in [1.165, 1.54) is 23.3 Å². The minimum atomic E-state index is 0.856. The topological polar surface area (TPSA) is 35.8 Å². The van der Waals surface area contributed by atoms with Crippen LogP contribution in [-0.4, -0.2) is 7.05 Å². The SMILES string of the molecule is CNc1c(C#N)sc2c1CCCC2. The van der Waals surface area contributed by atoms with Gasteiger partial charge < -0.3 is 5.32 Å². The van der Waals surface area contributed by atoms with Crippen LogP contribution in [0.5, 0.6) is 0 Å². The van der Waals surface area contributed by atoms with Crippen LogP contribution >= 0.6 is 11.3 Å². The van der Waals surface area contributed by atoms with Gasteiger partial charge in [-0.05, 0) is 31.2 Å². The average molecular weight is 192 g/mol. The van der Waals surface area contributed by atoms with Crippen molar-refractivity contribution < 1.29 is 0 Å². The fraction of sp³-hybridized carbons (Fsp3) is 0.500. The van der Waals surface area contributed by atoms with E-state index < -0.39 is 0 Å². The van der Waals surface area contributed by atoms with Crippen LogP contribution in [0.15, 0.2) is 0 Å². The van der Waals surface area contributed by atoms with E-state index in [-0.39, 0.29) is 0 Å². The lowest BCUT2D eigenvalue weighted by Crippen LogP contribution is -2.01. The molecular formula is C10H12N2S. The van der Waals surface area contributed by atoms with E-state index in [4.69, 9.17) is 5.26 Å².